The molecule has 5 heteroatoms. The van der Waals surface area contributed by atoms with Crippen LogP contribution >= 0.6 is 15.9 Å². The summed E-state index contributed by atoms with van der Waals surface area (Å²) in [5.74, 6) is 0.900. The minimum absolute atomic E-state index is 0.780. The minimum Gasteiger partial charge on any atom is -0.381 e. The van der Waals surface area contributed by atoms with Crippen molar-refractivity contribution in [2.75, 3.05) is 13.2 Å². The largest absolute Gasteiger partial charge is 0.381 e. The highest BCUT2D eigenvalue weighted by Crippen LogP contribution is 2.23. The van der Waals surface area contributed by atoms with Crippen molar-refractivity contribution in [2.45, 2.75) is 32.7 Å². The van der Waals surface area contributed by atoms with Crippen molar-refractivity contribution in [1.82, 2.24) is 14.8 Å². The zero-order chi connectivity index (χ0) is 11.4. The second-order valence-corrected chi connectivity index (χ2v) is 4.79. The molecular formula is C11H16BrN3O. The smallest absolute Gasteiger partial charge is 0.150 e. The Morgan fingerprint density at radius 3 is 2.88 bits per heavy atom. The summed E-state index contributed by atoms with van der Waals surface area (Å²) in [5.41, 5.74) is 1.44. The lowest BCUT2D eigenvalue weighted by Gasteiger charge is -2.16. The van der Waals surface area contributed by atoms with Gasteiger partial charge in [-0.2, -0.15) is 5.10 Å². The fraction of sp³-hybridized carbons (Fsp3) is 0.636. The van der Waals surface area contributed by atoms with Gasteiger partial charge < -0.3 is 4.74 Å². The molecule has 0 spiro atoms. The molecule has 1 aliphatic rings. The van der Waals surface area contributed by atoms with Gasteiger partial charge in [0.25, 0.3) is 0 Å². The summed E-state index contributed by atoms with van der Waals surface area (Å²) in [7, 11) is 0. The van der Waals surface area contributed by atoms with Crippen molar-refractivity contribution in [2.24, 2.45) is 0 Å². The average molecular weight is 286 g/mol. The number of hydrogen-bond donors (Lipinski definition) is 0. The number of hydrogen-bond acceptors (Lipinski definition) is 3. The van der Waals surface area contributed by atoms with E-state index in [0.717, 1.165) is 44.8 Å². The summed E-state index contributed by atoms with van der Waals surface area (Å²) in [4.78, 5) is 4.22. The van der Waals surface area contributed by atoms with Gasteiger partial charge in [-0.25, -0.2) is 9.67 Å². The molecule has 1 aromatic rings. The second kappa shape index (κ2) is 5.59. The van der Waals surface area contributed by atoms with E-state index in [-0.39, 0.29) is 0 Å². The van der Waals surface area contributed by atoms with Crippen LogP contribution in [0.25, 0.3) is 0 Å². The maximum atomic E-state index is 5.33. The van der Waals surface area contributed by atoms with Crippen LogP contribution in [0.4, 0.5) is 0 Å². The van der Waals surface area contributed by atoms with Crippen LogP contribution in [-0.4, -0.2) is 28.0 Å². The molecule has 16 heavy (non-hydrogen) atoms. The maximum absolute atomic E-state index is 5.33. The van der Waals surface area contributed by atoms with Gasteiger partial charge in [-0.3, -0.25) is 0 Å². The molecular weight excluding hydrogens is 270 g/mol. The number of aryl methyl sites for hydroxylation is 1. The molecule has 0 N–H and O–H groups in total. The summed E-state index contributed by atoms with van der Waals surface area (Å²) in [6, 6.07) is 0. The summed E-state index contributed by atoms with van der Waals surface area (Å²) >= 11 is 3.64. The Morgan fingerprint density at radius 2 is 2.25 bits per heavy atom. The topological polar surface area (TPSA) is 39.9 Å². The lowest BCUT2D eigenvalue weighted by Crippen LogP contribution is -2.10. The molecule has 2 heterocycles. The van der Waals surface area contributed by atoms with E-state index in [0.29, 0.717) is 0 Å². The second-order valence-electron chi connectivity index (χ2n) is 3.83. The zero-order valence-electron chi connectivity index (χ0n) is 9.45. The predicted octanol–water partition coefficient (Wildman–Crippen LogP) is 2.30. The summed E-state index contributed by atoms with van der Waals surface area (Å²) < 4.78 is 8.44. The van der Waals surface area contributed by atoms with Gasteiger partial charge in [0.1, 0.15) is 12.2 Å². The van der Waals surface area contributed by atoms with Gasteiger partial charge in [-0.15, -0.1) is 0 Å². The van der Waals surface area contributed by atoms with Crippen molar-refractivity contribution in [3.05, 3.63) is 22.2 Å². The third-order valence-electron chi connectivity index (χ3n) is 2.68. The number of nitrogens with zero attached hydrogens (tertiary/aromatic N) is 3. The molecule has 0 aromatic carbocycles. The van der Waals surface area contributed by atoms with Crippen LogP contribution in [0.3, 0.4) is 0 Å². The first-order valence-electron chi connectivity index (χ1n) is 5.62. The molecule has 1 aliphatic heterocycles. The van der Waals surface area contributed by atoms with E-state index in [9.17, 15) is 0 Å². The van der Waals surface area contributed by atoms with E-state index in [1.54, 1.807) is 6.33 Å². The first-order chi connectivity index (χ1) is 7.79. The van der Waals surface area contributed by atoms with Crippen molar-refractivity contribution < 1.29 is 4.74 Å². The van der Waals surface area contributed by atoms with Gasteiger partial charge in [0.05, 0.1) is 19.8 Å². The van der Waals surface area contributed by atoms with E-state index in [1.807, 2.05) is 4.68 Å². The molecule has 0 saturated carbocycles. The lowest BCUT2D eigenvalue weighted by atomic mass is 10.1. The molecule has 0 atom stereocenters. The summed E-state index contributed by atoms with van der Waals surface area (Å²) in [5, 5.41) is 4.37. The number of halogens is 1. The molecule has 0 unspecified atom stereocenters. The third-order valence-corrected chi connectivity index (χ3v) is 3.49. The highest BCUT2D eigenvalue weighted by Gasteiger charge is 2.10. The number of allylic oxidation sites excluding steroid dienone is 1. The van der Waals surface area contributed by atoms with Crippen LogP contribution in [0.15, 0.2) is 16.4 Å². The monoisotopic (exact) mass is 285 g/mol. The molecule has 0 bridgehead atoms. The number of aromatic nitrogens is 3. The van der Waals surface area contributed by atoms with Crippen LogP contribution in [0.5, 0.6) is 0 Å². The standard InChI is InChI=1S/C11H16BrN3O/c1-2-11-13-8-15(14-11)7-10(12)9-3-5-16-6-4-9/h8H,2-7H2,1H3. The van der Waals surface area contributed by atoms with Crippen molar-refractivity contribution in [1.29, 1.82) is 0 Å². The van der Waals surface area contributed by atoms with Crippen molar-refractivity contribution in [3.8, 4) is 0 Å². The Kier molecular flexibility index (Phi) is 4.12. The Bertz CT molecular complexity index is 378. The Morgan fingerprint density at radius 1 is 1.50 bits per heavy atom. The van der Waals surface area contributed by atoms with E-state index < -0.39 is 0 Å². The van der Waals surface area contributed by atoms with Crippen LogP contribution in [-0.2, 0) is 17.7 Å². The Hall–Kier alpha value is -0.680. The molecule has 2 rings (SSSR count). The van der Waals surface area contributed by atoms with E-state index in [2.05, 4.69) is 32.9 Å². The highest BCUT2D eigenvalue weighted by molar-refractivity contribution is 9.11. The molecule has 88 valence electrons. The Balaban J connectivity index is 2.02. The first kappa shape index (κ1) is 11.8. The van der Waals surface area contributed by atoms with Crippen molar-refractivity contribution in [3.63, 3.8) is 0 Å². The molecule has 1 fully saturated rings. The fourth-order valence-corrected chi connectivity index (χ4v) is 2.37. The SMILES string of the molecule is CCc1ncn(CC(Br)=C2CCOCC2)n1. The van der Waals surface area contributed by atoms with Crippen LogP contribution in [0.1, 0.15) is 25.6 Å². The quantitative estimate of drug-likeness (QED) is 0.856. The average Bonchev–Trinajstić information content (AvgIpc) is 2.78. The number of rotatable bonds is 3. The highest BCUT2D eigenvalue weighted by atomic mass is 79.9. The maximum Gasteiger partial charge on any atom is 0.150 e. The Labute approximate surface area is 104 Å². The van der Waals surface area contributed by atoms with Crippen molar-refractivity contribution >= 4 is 15.9 Å². The van der Waals surface area contributed by atoms with Crippen LogP contribution < -0.4 is 0 Å². The zero-order valence-corrected chi connectivity index (χ0v) is 11.0. The fourth-order valence-electron chi connectivity index (χ4n) is 1.71. The van der Waals surface area contributed by atoms with E-state index >= 15 is 0 Å². The molecule has 4 nitrogen and oxygen atoms in total. The minimum atomic E-state index is 0.780. The summed E-state index contributed by atoms with van der Waals surface area (Å²) in [6.45, 7) is 4.51. The first-order valence-corrected chi connectivity index (χ1v) is 6.41. The lowest BCUT2D eigenvalue weighted by molar-refractivity contribution is 0.118. The third kappa shape index (κ3) is 2.92. The summed E-state index contributed by atoms with van der Waals surface area (Å²) in [6.07, 6.45) is 4.72. The van der Waals surface area contributed by atoms with E-state index in [4.69, 9.17) is 4.74 Å². The molecule has 1 aromatic heterocycles. The van der Waals surface area contributed by atoms with Gasteiger partial charge in [0.2, 0.25) is 0 Å². The van der Waals surface area contributed by atoms with Crippen LogP contribution in [0.2, 0.25) is 0 Å². The van der Waals surface area contributed by atoms with Gasteiger partial charge in [-0.1, -0.05) is 28.4 Å². The van der Waals surface area contributed by atoms with Gasteiger partial charge >= 0.3 is 0 Å². The van der Waals surface area contributed by atoms with Gasteiger partial charge in [0.15, 0.2) is 0 Å². The van der Waals surface area contributed by atoms with E-state index in [1.165, 1.54) is 10.1 Å². The van der Waals surface area contributed by atoms with Crippen LogP contribution in [0, 0.1) is 0 Å². The molecule has 0 radical (unpaired) electrons. The molecule has 0 aliphatic carbocycles. The number of ether oxygens (including phenoxy) is 1. The normalized spacial score (nSPS) is 16.5. The molecule has 1 saturated heterocycles. The predicted molar refractivity (Wildman–Crippen MR) is 65.4 cm³/mol. The van der Waals surface area contributed by atoms with Gasteiger partial charge in [0, 0.05) is 10.9 Å². The van der Waals surface area contributed by atoms with Gasteiger partial charge in [-0.05, 0) is 12.8 Å². The molecule has 0 amide bonds.